The van der Waals surface area contributed by atoms with Crippen LogP contribution in [0.25, 0.3) is 0 Å². The van der Waals surface area contributed by atoms with Crippen molar-refractivity contribution in [2.24, 2.45) is 10.9 Å². The minimum atomic E-state index is 0.00184. The largest absolute Gasteiger partial charge is 0.409 e. The van der Waals surface area contributed by atoms with Crippen molar-refractivity contribution in [2.75, 3.05) is 32.2 Å². The van der Waals surface area contributed by atoms with Gasteiger partial charge in [-0.05, 0) is 12.1 Å². The number of anilines is 1. The second-order valence-electron chi connectivity index (χ2n) is 3.28. The highest BCUT2D eigenvalue weighted by atomic mass is 16.5. The lowest BCUT2D eigenvalue weighted by molar-refractivity contribution is 0.206. The van der Waals surface area contributed by atoms with E-state index >= 15 is 0 Å². The Balaban J connectivity index is 2.81. The summed E-state index contributed by atoms with van der Waals surface area (Å²) in [6, 6.07) is 5.34. The fourth-order valence-corrected chi connectivity index (χ4v) is 1.17. The average Bonchev–Trinajstić information content (AvgIpc) is 2.35. The number of nitrogens with two attached hydrogens (primary N) is 1. The number of hydrogen-bond donors (Lipinski definition) is 2. The summed E-state index contributed by atoms with van der Waals surface area (Å²) in [6.45, 7) is 1.34. The molecule has 0 bridgehead atoms. The van der Waals surface area contributed by atoms with Gasteiger partial charge in [0.15, 0.2) is 5.84 Å². The molecule has 16 heavy (non-hydrogen) atoms. The van der Waals surface area contributed by atoms with Gasteiger partial charge in [0.2, 0.25) is 0 Å². The summed E-state index contributed by atoms with van der Waals surface area (Å²) in [6.07, 6.45) is 0. The second kappa shape index (κ2) is 5.92. The van der Waals surface area contributed by atoms with Crippen LogP contribution < -0.4 is 10.6 Å². The first-order valence-corrected chi connectivity index (χ1v) is 4.84. The van der Waals surface area contributed by atoms with Gasteiger partial charge in [0, 0.05) is 20.7 Å². The van der Waals surface area contributed by atoms with Gasteiger partial charge in [0.25, 0.3) is 0 Å². The minimum Gasteiger partial charge on any atom is -0.409 e. The average molecular weight is 224 g/mol. The zero-order valence-corrected chi connectivity index (χ0v) is 9.42. The second-order valence-corrected chi connectivity index (χ2v) is 3.28. The summed E-state index contributed by atoms with van der Waals surface area (Å²) >= 11 is 0. The summed E-state index contributed by atoms with van der Waals surface area (Å²) in [4.78, 5) is 6.18. The van der Waals surface area contributed by atoms with Crippen molar-refractivity contribution in [1.29, 1.82) is 0 Å². The summed E-state index contributed by atoms with van der Waals surface area (Å²) in [5.74, 6) is 0.753. The number of pyridine rings is 1. The first kappa shape index (κ1) is 12.3. The van der Waals surface area contributed by atoms with E-state index in [1.54, 1.807) is 19.2 Å². The number of nitrogens with zero attached hydrogens (tertiary/aromatic N) is 3. The predicted molar refractivity (Wildman–Crippen MR) is 61.9 cm³/mol. The molecule has 0 radical (unpaired) electrons. The van der Waals surface area contributed by atoms with Gasteiger partial charge in [-0.1, -0.05) is 11.2 Å². The summed E-state index contributed by atoms with van der Waals surface area (Å²) in [5.41, 5.74) is 5.91. The molecule has 0 aliphatic heterocycles. The summed E-state index contributed by atoms with van der Waals surface area (Å²) < 4.78 is 4.97. The van der Waals surface area contributed by atoms with Crippen molar-refractivity contribution in [3.8, 4) is 0 Å². The van der Waals surface area contributed by atoms with E-state index in [0.29, 0.717) is 12.3 Å². The monoisotopic (exact) mass is 224 g/mol. The Kier molecular flexibility index (Phi) is 4.53. The smallest absolute Gasteiger partial charge is 0.188 e. The van der Waals surface area contributed by atoms with Gasteiger partial charge in [0.1, 0.15) is 11.5 Å². The molecule has 0 saturated heterocycles. The van der Waals surface area contributed by atoms with Gasteiger partial charge in [-0.15, -0.1) is 0 Å². The van der Waals surface area contributed by atoms with Crippen molar-refractivity contribution in [3.05, 3.63) is 23.9 Å². The quantitative estimate of drug-likeness (QED) is 0.324. The molecule has 3 N–H and O–H groups in total. The third-order valence-electron chi connectivity index (χ3n) is 2.13. The van der Waals surface area contributed by atoms with Gasteiger partial charge in [-0.2, -0.15) is 0 Å². The number of likely N-dealkylation sites (N-methyl/N-ethyl adjacent to an activating group) is 1. The van der Waals surface area contributed by atoms with Crippen molar-refractivity contribution in [2.45, 2.75) is 0 Å². The Hall–Kier alpha value is -1.82. The molecule has 88 valence electrons. The maximum atomic E-state index is 8.55. The highest BCUT2D eigenvalue weighted by molar-refractivity contribution is 5.95. The number of ether oxygens (including phenoxy) is 1. The third-order valence-corrected chi connectivity index (χ3v) is 2.13. The molecule has 0 spiro atoms. The molecule has 0 aliphatic carbocycles. The summed E-state index contributed by atoms with van der Waals surface area (Å²) in [7, 11) is 3.55. The zero-order chi connectivity index (χ0) is 12.0. The number of hydrogen-bond acceptors (Lipinski definition) is 5. The minimum absolute atomic E-state index is 0.00184. The van der Waals surface area contributed by atoms with E-state index in [1.165, 1.54) is 0 Å². The lowest BCUT2D eigenvalue weighted by Crippen LogP contribution is -2.24. The number of amidine groups is 1. The summed E-state index contributed by atoms with van der Waals surface area (Å²) in [5, 5.41) is 11.5. The van der Waals surface area contributed by atoms with Crippen LogP contribution in [0.4, 0.5) is 5.82 Å². The zero-order valence-electron chi connectivity index (χ0n) is 9.42. The molecule has 0 aliphatic rings. The Bertz CT molecular complexity index is 368. The highest BCUT2D eigenvalue weighted by Gasteiger charge is 2.05. The van der Waals surface area contributed by atoms with Crippen molar-refractivity contribution in [3.63, 3.8) is 0 Å². The maximum Gasteiger partial charge on any atom is 0.188 e. The number of oxime groups is 1. The number of rotatable bonds is 5. The SMILES string of the molecule is COCCN(C)c1cccc(C(N)=NO)n1. The van der Waals surface area contributed by atoms with Crippen LogP contribution in [-0.2, 0) is 4.74 Å². The Morgan fingerprint density at radius 3 is 3.00 bits per heavy atom. The van der Waals surface area contributed by atoms with Crippen LogP contribution in [0, 0.1) is 0 Å². The van der Waals surface area contributed by atoms with Crippen LogP contribution >= 0.6 is 0 Å². The van der Waals surface area contributed by atoms with Crippen molar-refractivity contribution < 1.29 is 9.94 Å². The van der Waals surface area contributed by atoms with E-state index in [1.807, 2.05) is 18.0 Å². The topological polar surface area (TPSA) is 84.0 Å². The van der Waals surface area contributed by atoms with E-state index in [-0.39, 0.29) is 5.84 Å². The molecule has 0 atom stereocenters. The fourth-order valence-electron chi connectivity index (χ4n) is 1.17. The molecular weight excluding hydrogens is 208 g/mol. The van der Waals surface area contributed by atoms with Gasteiger partial charge in [-0.3, -0.25) is 0 Å². The Morgan fingerprint density at radius 2 is 2.38 bits per heavy atom. The van der Waals surface area contributed by atoms with E-state index < -0.39 is 0 Å². The molecule has 0 fully saturated rings. The molecule has 0 saturated carbocycles. The first-order valence-electron chi connectivity index (χ1n) is 4.84. The van der Waals surface area contributed by atoms with Crippen molar-refractivity contribution in [1.82, 2.24) is 4.98 Å². The molecule has 6 heteroatoms. The first-order chi connectivity index (χ1) is 7.69. The van der Waals surface area contributed by atoms with Crippen LogP contribution in [0.3, 0.4) is 0 Å². The molecule has 0 aromatic carbocycles. The Labute approximate surface area is 94.3 Å². The van der Waals surface area contributed by atoms with Crippen molar-refractivity contribution >= 4 is 11.7 Å². The van der Waals surface area contributed by atoms with E-state index in [0.717, 1.165) is 12.4 Å². The van der Waals surface area contributed by atoms with Crippen LogP contribution in [-0.4, -0.2) is 43.3 Å². The third kappa shape index (κ3) is 3.09. The molecule has 0 amide bonds. The van der Waals surface area contributed by atoms with E-state index in [9.17, 15) is 0 Å². The lowest BCUT2D eigenvalue weighted by atomic mass is 10.3. The molecule has 1 aromatic rings. The van der Waals surface area contributed by atoms with Crippen LogP contribution in [0.1, 0.15) is 5.69 Å². The molecule has 6 nitrogen and oxygen atoms in total. The fraction of sp³-hybridized carbons (Fsp3) is 0.400. The van der Waals surface area contributed by atoms with Gasteiger partial charge >= 0.3 is 0 Å². The van der Waals surface area contributed by atoms with E-state index in [2.05, 4.69) is 10.1 Å². The van der Waals surface area contributed by atoms with E-state index in [4.69, 9.17) is 15.7 Å². The molecule has 1 aromatic heterocycles. The maximum absolute atomic E-state index is 8.55. The molecule has 1 heterocycles. The predicted octanol–water partition coefficient (Wildman–Crippen LogP) is 0.259. The molecular formula is C10H16N4O2. The molecule has 0 unspecified atom stereocenters. The van der Waals surface area contributed by atoms with Gasteiger partial charge < -0.3 is 20.6 Å². The van der Waals surface area contributed by atoms with Crippen LogP contribution in [0.5, 0.6) is 0 Å². The van der Waals surface area contributed by atoms with Crippen LogP contribution in [0.15, 0.2) is 23.4 Å². The number of methoxy groups -OCH3 is 1. The Morgan fingerprint density at radius 1 is 1.62 bits per heavy atom. The normalized spacial score (nSPS) is 11.5. The lowest BCUT2D eigenvalue weighted by Gasteiger charge is -2.17. The van der Waals surface area contributed by atoms with Crippen LogP contribution in [0.2, 0.25) is 0 Å². The van der Waals surface area contributed by atoms with Gasteiger partial charge in [0.05, 0.1) is 6.61 Å². The van der Waals surface area contributed by atoms with Gasteiger partial charge in [-0.25, -0.2) is 4.98 Å². The standard InChI is InChI=1S/C10H16N4O2/c1-14(6-7-16-2)9-5-3-4-8(12-9)10(11)13-15/h3-5,15H,6-7H2,1-2H3,(H2,11,13). The molecule has 1 rings (SSSR count). The highest BCUT2D eigenvalue weighted by Crippen LogP contribution is 2.09. The number of aromatic nitrogens is 1.